The fraction of sp³-hybridized carbons (Fsp3) is 0.300. The topological polar surface area (TPSA) is 49.4 Å². The average molecular weight is 354 g/mol. The minimum Gasteiger partial charge on any atom is -0.326 e. The van der Waals surface area contributed by atoms with Crippen molar-refractivity contribution in [1.82, 2.24) is 0 Å². The van der Waals surface area contributed by atoms with Crippen LogP contribution in [0.25, 0.3) is 0 Å². The number of rotatable bonds is 4. The van der Waals surface area contributed by atoms with Crippen LogP contribution in [0, 0.1) is 12.8 Å². The highest BCUT2D eigenvalue weighted by Crippen LogP contribution is 2.42. The summed E-state index contributed by atoms with van der Waals surface area (Å²) in [5.41, 5.74) is 3.89. The van der Waals surface area contributed by atoms with E-state index in [4.69, 9.17) is 0 Å². The summed E-state index contributed by atoms with van der Waals surface area (Å²) < 4.78 is 0. The zero-order valence-corrected chi connectivity index (χ0v) is 15.5. The van der Waals surface area contributed by atoms with Crippen molar-refractivity contribution in [1.29, 1.82) is 0 Å². The first-order valence-corrected chi connectivity index (χ1v) is 9.42. The van der Waals surface area contributed by atoms with Gasteiger partial charge in [0.05, 0.1) is 5.75 Å². The first kappa shape index (κ1) is 17.5. The Hall–Kier alpha value is -2.27. The van der Waals surface area contributed by atoms with Crippen LogP contribution >= 0.6 is 11.8 Å². The van der Waals surface area contributed by atoms with Gasteiger partial charge in [-0.05, 0) is 42.3 Å². The average Bonchev–Trinajstić information content (AvgIpc) is 2.97. The molecule has 1 atom stereocenters. The van der Waals surface area contributed by atoms with Gasteiger partial charge in [0.1, 0.15) is 5.37 Å². The molecule has 5 heteroatoms. The molecular weight excluding hydrogens is 332 g/mol. The lowest BCUT2D eigenvalue weighted by molar-refractivity contribution is -0.119. The highest BCUT2D eigenvalue weighted by Gasteiger charge is 2.34. The van der Waals surface area contributed by atoms with E-state index in [9.17, 15) is 9.59 Å². The molecule has 2 amide bonds. The molecule has 0 saturated carbocycles. The number of nitrogens with zero attached hydrogens (tertiary/aromatic N) is 1. The summed E-state index contributed by atoms with van der Waals surface area (Å²) in [6.45, 7) is 5.76. The number of nitrogens with one attached hydrogen (secondary N) is 1. The third kappa shape index (κ3) is 3.87. The van der Waals surface area contributed by atoms with E-state index >= 15 is 0 Å². The van der Waals surface area contributed by atoms with Gasteiger partial charge in [0.25, 0.3) is 0 Å². The lowest BCUT2D eigenvalue weighted by Gasteiger charge is -2.25. The van der Waals surface area contributed by atoms with E-state index in [-0.39, 0.29) is 23.1 Å². The van der Waals surface area contributed by atoms with E-state index in [0.717, 1.165) is 22.5 Å². The molecule has 0 aliphatic carbocycles. The Labute approximate surface area is 152 Å². The molecule has 0 radical (unpaired) electrons. The van der Waals surface area contributed by atoms with Crippen LogP contribution in [0.15, 0.2) is 48.5 Å². The van der Waals surface area contributed by atoms with Crippen LogP contribution in [0.5, 0.6) is 0 Å². The van der Waals surface area contributed by atoms with Gasteiger partial charge in [-0.3, -0.25) is 14.5 Å². The highest BCUT2D eigenvalue weighted by molar-refractivity contribution is 8.00. The number of hydrogen-bond donors (Lipinski definition) is 1. The van der Waals surface area contributed by atoms with Crippen LogP contribution in [0.4, 0.5) is 11.4 Å². The van der Waals surface area contributed by atoms with E-state index in [0.29, 0.717) is 5.75 Å². The molecule has 3 rings (SSSR count). The SMILES string of the molecule is Cc1cccc(N2C(=O)CSC2c2ccc(NC(=O)C(C)C)cc2)c1. The van der Waals surface area contributed by atoms with Crippen LogP contribution < -0.4 is 10.2 Å². The Morgan fingerprint density at radius 2 is 1.92 bits per heavy atom. The molecule has 0 bridgehead atoms. The van der Waals surface area contributed by atoms with Crippen molar-refractivity contribution in [3.8, 4) is 0 Å². The lowest BCUT2D eigenvalue weighted by atomic mass is 10.1. The van der Waals surface area contributed by atoms with Gasteiger partial charge >= 0.3 is 0 Å². The molecule has 1 aliphatic rings. The van der Waals surface area contributed by atoms with Gasteiger partial charge in [-0.25, -0.2) is 0 Å². The molecular formula is C20H22N2O2S. The van der Waals surface area contributed by atoms with Crippen molar-refractivity contribution in [3.05, 3.63) is 59.7 Å². The summed E-state index contributed by atoms with van der Waals surface area (Å²) in [5, 5.41) is 2.85. The molecule has 1 unspecified atom stereocenters. The molecule has 1 heterocycles. The first-order chi connectivity index (χ1) is 12.0. The van der Waals surface area contributed by atoms with E-state index in [1.807, 2.05) is 74.2 Å². The number of amides is 2. The largest absolute Gasteiger partial charge is 0.326 e. The molecule has 1 fully saturated rings. The van der Waals surface area contributed by atoms with Crippen LogP contribution in [0.3, 0.4) is 0 Å². The normalized spacial score (nSPS) is 17.2. The second-order valence-electron chi connectivity index (χ2n) is 6.53. The molecule has 2 aromatic rings. The highest BCUT2D eigenvalue weighted by atomic mass is 32.2. The van der Waals surface area contributed by atoms with Crippen LogP contribution in [0.2, 0.25) is 0 Å². The number of anilines is 2. The quantitative estimate of drug-likeness (QED) is 0.887. The van der Waals surface area contributed by atoms with Crippen molar-refractivity contribution in [2.75, 3.05) is 16.0 Å². The number of thioether (sulfide) groups is 1. The number of carbonyl (C=O) groups excluding carboxylic acids is 2. The van der Waals surface area contributed by atoms with Gasteiger partial charge in [-0.1, -0.05) is 38.1 Å². The molecule has 4 nitrogen and oxygen atoms in total. The van der Waals surface area contributed by atoms with Crippen molar-refractivity contribution in [3.63, 3.8) is 0 Å². The van der Waals surface area contributed by atoms with Gasteiger partial charge < -0.3 is 5.32 Å². The third-order valence-corrected chi connectivity index (χ3v) is 5.35. The molecule has 0 aromatic heterocycles. The minimum atomic E-state index is -0.0560. The maximum Gasteiger partial charge on any atom is 0.238 e. The third-order valence-electron chi connectivity index (χ3n) is 4.14. The van der Waals surface area contributed by atoms with Crippen LogP contribution in [-0.4, -0.2) is 17.6 Å². The predicted molar refractivity (Wildman–Crippen MR) is 104 cm³/mol. The fourth-order valence-corrected chi connectivity index (χ4v) is 3.92. The van der Waals surface area contributed by atoms with Crippen LogP contribution in [0.1, 0.15) is 30.3 Å². The number of hydrogen-bond acceptors (Lipinski definition) is 3. The van der Waals surface area contributed by atoms with Crippen molar-refractivity contribution in [2.45, 2.75) is 26.1 Å². The summed E-state index contributed by atoms with van der Waals surface area (Å²) in [6, 6.07) is 15.8. The predicted octanol–water partition coefficient (Wildman–Crippen LogP) is 4.37. The van der Waals surface area contributed by atoms with Crippen molar-refractivity contribution in [2.24, 2.45) is 5.92 Å². The Morgan fingerprint density at radius 1 is 1.20 bits per heavy atom. The molecule has 0 spiro atoms. The zero-order chi connectivity index (χ0) is 18.0. The van der Waals surface area contributed by atoms with Crippen molar-refractivity contribution < 1.29 is 9.59 Å². The maximum absolute atomic E-state index is 12.4. The molecule has 130 valence electrons. The second kappa shape index (κ2) is 7.31. The lowest BCUT2D eigenvalue weighted by Crippen LogP contribution is -2.27. The van der Waals surface area contributed by atoms with Crippen LogP contribution in [-0.2, 0) is 9.59 Å². The smallest absolute Gasteiger partial charge is 0.238 e. The standard InChI is InChI=1S/C20H22N2O2S/c1-13(2)19(24)21-16-9-7-15(8-10-16)20-22(18(23)12-25-20)17-6-4-5-14(3)11-17/h4-11,13,20H,12H2,1-3H3,(H,21,24). The molecule has 1 N–H and O–H groups in total. The van der Waals surface area contributed by atoms with Gasteiger partial charge in [-0.15, -0.1) is 11.8 Å². The zero-order valence-electron chi connectivity index (χ0n) is 14.7. The maximum atomic E-state index is 12.4. The monoisotopic (exact) mass is 354 g/mol. The van der Waals surface area contributed by atoms with Gasteiger partial charge in [0.15, 0.2) is 0 Å². The molecule has 2 aromatic carbocycles. The summed E-state index contributed by atoms with van der Waals surface area (Å²) >= 11 is 1.63. The van der Waals surface area contributed by atoms with E-state index in [2.05, 4.69) is 5.32 Å². The van der Waals surface area contributed by atoms with E-state index < -0.39 is 0 Å². The van der Waals surface area contributed by atoms with Gasteiger partial charge in [0, 0.05) is 17.3 Å². The summed E-state index contributed by atoms with van der Waals surface area (Å²) in [4.78, 5) is 26.1. The van der Waals surface area contributed by atoms with E-state index in [1.54, 1.807) is 11.8 Å². The number of aryl methyl sites for hydroxylation is 1. The first-order valence-electron chi connectivity index (χ1n) is 8.37. The summed E-state index contributed by atoms with van der Waals surface area (Å²) in [7, 11) is 0. The fourth-order valence-electron chi connectivity index (χ4n) is 2.75. The second-order valence-corrected chi connectivity index (χ2v) is 7.60. The molecule has 1 aliphatic heterocycles. The summed E-state index contributed by atoms with van der Waals surface area (Å²) in [5.74, 6) is 0.543. The summed E-state index contributed by atoms with van der Waals surface area (Å²) in [6.07, 6.45) is 0. The molecule has 1 saturated heterocycles. The molecule has 25 heavy (non-hydrogen) atoms. The van der Waals surface area contributed by atoms with Gasteiger partial charge in [-0.2, -0.15) is 0 Å². The Bertz CT molecular complexity index is 787. The number of carbonyl (C=O) groups is 2. The van der Waals surface area contributed by atoms with Gasteiger partial charge in [0.2, 0.25) is 11.8 Å². The minimum absolute atomic E-state index is 0.000411. The Kier molecular flexibility index (Phi) is 5.13. The van der Waals surface area contributed by atoms with Crippen molar-refractivity contribution >= 4 is 35.0 Å². The Balaban J connectivity index is 1.82. The number of benzene rings is 2. The Morgan fingerprint density at radius 3 is 2.56 bits per heavy atom. The van der Waals surface area contributed by atoms with E-state index in [1.165, 1.54) is 0 Å².